The second-order valence-electron chi connectivity index (χ2n) is 4.80. The lowest BCUT2D eigenvalue weighted by molar-refractivity contribution is 0.626. The van der Waals surface area contributed by atoms with E-state index in [1.807, 2.05) is 0 Å². The van der Waals surface area contributed by atoms with Crippen LogP contribution in [0.4, 0.5) is 5.69 Å². The zero-order valence-corrected chi connectivity index (χ0v) is 11.8. The largest absolute Gasteiger partial charge is 0.371 e. The van der Waals surface area contributed by atoms with E-state index in [1.54, 1.807) is 0 Å². The number of alkyl halides is 1. The zero-order chi connectivity index (χ0) is 13.0. The number of hydrogen-bond acceptors (Lipinski definition) is 1. The van der Waals surface area contributed by atoms with E-state index in [9.17, 15) is 0 Å². The fourth-order valence-electron chi connectivity index (χ4n) is 2.31. The van der Waals surface area contributed by atoms with Gasteiger partial charge in [-0.3, -0.25) is 0 Å². The lowest BCUT2D eigenvalue weighted by Crippen LogP contribution is -2.29. The average molecular weight is 262 g/mol. The molecule has 2 aromatic rings. The van der Waals surface area contributed by atoms with Crippen molar-refractivity contribution in [3.63, 3.8) is 0 Å². The number of halogens is 1. The fourth-order valence-corrected chi connectivity index (χ4v) is 2.40. The maximum Gasteiger partial charge on any atom is 0.0445 e. The number of hydrogen-bond donors (Lipinski definition) is 0. The number of rotatable bonds is 5. The van der Waals surface area contributed by atoms with Gasteiger partial charge in [-0.2, -0.15) is 0 Å². The SMILES string of the molecule is CCN(CC(C)CCl)c1cccc2ccccc12. The molecule has 0 saturated heterocycles. The van der Waals surface area contributed by atoms with Crippen LogP contribution in [0.5, 0.6) is 0 Å². The Balaban J connectivity index is 2.38. The van der Waals surface area contributed by atoms with Crippen molar-refractivity contribution in [1.29, 1.82) is 0 Å². The van der Waals surface area contributed by atoms with Crippen LogP contribution >= 0.6 is 11.6 Å². The summed E-state index contributed by atoms with van der Waals surface area (Å²) in [4.78, 5) is 2.41. The van der Waals surface area contributed by atoms with E-state index in [1.165, 1.54) is 16.5 Å². The first-order chi connectivity index (χ1) is 8.76. The molecule has 1 unspecified atom stereocenters. The Morgan fingerprint density at radius 2 is 1.83 bits per heavy atom. The Hall–Kier alpha value is -1.21. The Labute approximate surface area is 114 Å². The van der Waals surface area contributed by atoms with Crippen LogP contribution in [-0.2, 0) is 0 Å². The molecule has 0 N–H and O–H groups in total. The van der Waals surface area contributed by atoms with Gasteiger partial charge in [0.15, 0.2) is 0 Å². The molecule has 0 saturated carbocycles. The zero-order valence-electron chi connectivity index (χ0n) is 11.1. The first-order valence-electron chi connectivity index (χ1n) is 6.55. The summed E-state index contributed by atoms with van der Waals surface area (Å²) in [5, 5.41) is 2.62. The van der Waals surface area contributed by atoms with Gasteiger partial charge in [0, 0.05) is 30.0 Å². The highest BCUT2D eigenvalue weighted by Crippen LogP contribution is 2.27. The number of fused-ring (bicyclic) bond motifs is 1. The molecule has 1 nitrogen and oxygen atoms in total. The molecule has 2 rings (SSSR count). The second kappa shape index (κ2) is 6.10. The molecule has 18 heavy (non-hydrogen) atoms. The van der Waals surface area contributed by atoms with E-state index in [-0.39, 0.29) is 0 Å². The van der Waals surface area contributed by atoms with Crippen molar-refractivity contribution in [3.8, 4) is 0 Å². The molecule has 0 amide bonds. The maximum absolute atomic E-state index is 5.93. The minimum atomic E-state index is 0.505. The van der Waals surface area contributed by atoms with Crippen molar-refractivity contribution in [2.24, 2.45) is 5.92 Å². The lowest BCUT2D eigenvalue weighted by atomic mass is 10.1. The van der Waals surface area contributed by atoms with Crippen molar-refractivity contribution in [2.45, 2.75) is 13.8 Å². The van der Waals surface area contributed by atoms with Crippen molar-refractivity contribution in [2.75, 3.05) is 23.9 Å². The Bertz CT molecular complexity index is 504. The molecule has 96 valence electrons. The molecule has 0 aliphatic carbocycles. The molecular formula is C16H20ClN. The molecule has 0 aromatic heterocycles. The standard InChI is InChI=1S/C16H20ClN/c1-3-18(12-13(2)11-17)16-10-6-8-14-7-4-5-9-15(14)16/h4-10,13H,3,11-12H2,1-2H3. The molecule has 2 heteroatoms. The number of nitrogens with zero attached hydrogens (tertiary/aromatic N) is 1. The predicted molar refractivity (Wildman–Crippen MR) is 81.7 cm³/mol. The van der Waals surface area contributed by atoms with Crippen LogP contribution in [0.1, 0.15) is 13.8 Å². The van der Waals surface area contributed by atoms with Gasteiger partial charge in [0.1, 0.15) is 0 Å². The molecule has 2 aromatic carbocycles. The minimum absolute atomic E-state index is 0.505. The minimum Gasteiger partial charge on any atom is -0.371 e. The number of anilines is 1. The quantitative estimate of drug-likeness (QED) is 0.714. The summed E-state index contributed by atoms with van der Waals surface area (Å²) < 4.78 is 0. The molecule has 1 atom stereocenters. The second-order valence-corrected chi connectivity index (χ2v) is 5.10. The first kappa shape index (κ1) is 13.2. The highest BCUT2D eigenvalue weighted by Gasteiger charge is 2.11. The summed E-state index contributed by atoms with van der Waals surface area (Å²) in [5.74, 6) is 1.21. The topological polar surface area (TPSA) is 3.24 Å². The van der Waals surface area contributed by atoms with Crippen LogP contribution in [0.3, 0.4) is 0 Å². The van der Waals surface area contributed by atoms with E-state index < -0.39 is 0 Å². The van der Waals surface area contributed by atoms with Crippen molar-refractivity contribution >= 4 is 28.1 Å². The van der Waals surface area contributed by atoms with E-state index in [0.29, 0.717) is 11.8 Å². The first-order valence-corrected chi connectivity index (χ1v) is 7.08. The summed E-state index contributed by atoms with van der Waals surface area (Å²) in [6, 6.07) is 15.0. The van der Waals surface area contributed by atoms with E-state index >= 15 is 0 Å². The van der Waals surface area contributed by atoms with Gasteiger partial charge in [0.25, 0.3) is 0 Å². The van der Waals surface area contributed by atoms with Crippen molar-refractivity contribution in [3.05, 3.63) is 42.5 Å². The predicted octanol–water partition coefficient (Wildman–Crippen LogP) is 4.54. The van der Waals surface area contributed by atoms with Crippen molar-refractivity contribution in [1.82, 2.24) is 0 Å². The van der Waals surface area contributed by atoms with E-state index in [4.69, 9.17) is 11.6 Å². The summed E-state index contributed by atoms with van der Waals surface area (Å²) in [5.41, 5.74) is 1.31. The van der Waals surface area contributed by atoms with Gasteiger partial charge in [0.2, 0.25) is 0 Å². The summed E-state index contributed by atoms with van der Waals surface area (Å²) in [7, 11) is 0. The summed E-state index contributed by atoms with van der Waals surface area (Å²) >= 11 is 5.93. The number of benzene rings is 2. The Morgan fingerprint density at radius 1 is 1.11 bits per heavy atom. The van der Waals surface area contributed by atoms with Gasteiger partial charge < -0.3 is 4.90 Å². The van der Waals surface area contributed by atoms with Crippen LogP contribution in [0.25, 0.3) is 10.8 Å². The molecular weight excluding hydrogens is 242 g/mol. The third-order valence-electron chi connectivity index (χ3n) is 3.28. The average Bonchev–Trinajstić information content (AvgIpc) is 2.44. The van der Waals surface area contributed by atoms with Crippen LogP contribution < -0.4 is 4.90 Å². The Morgan fingerprint density at radius 3 is 2.56 bits per heavy atom. The normalized spacial score (nSPS) is 12.6. The maximum atomic E-state index is 5.93. The third kappa shape index (κ3) is 2.78. The van der Waals surface area contributed by atoms with Gasteiger partial charge in [-0.1, -0.05) is 43.3 Å². The third-order valence-corrected chi connectivity index (χ3v) is 3.81. The smallest absolute Gasteiger partial charge is 0.0445 e. The van der Waals surface area contributed by atoms with Crippen LogP contribution in [0.15, 0.2) is 42.5 Å². The van der Waals surface area contributed by atoms with E-state index in [2.05, 4.69) is 61.2 Å². The van der Waals surface area contributed by atoms with Crippen molar-refractivity contribution < 1.29 is 0 Å². The molecule has 0 radical (unpaired) electrons. The lowest BCUT2D eigenvalue weighted by Gasteiger charge is -2.27. The molecule has 0 aliphatic rings. The van der Waals surface area contributed by atoms with Crippen LogP contribution in [0.2, 0.25) is 0 Å². The monoisotopic (exact) mass is 261 g/mol. The fraction of sp³-hybridized carbons (Fsp3) is 0.375. The highest BCUT2D eigenvalue weighted by molar-refractivity contribution is 6.18. The van der Waals surface area contributed by atoms with Gasteiger partial charge >= 0.3 is 0 Å². The van der Waals surface area contributed by atoms with Crippen LogP contribution in [0, 0.1) is 5.92 Å². The molecule has 0 heterocycles. The molecule has 0 bridgehead atoms. The van der Waals surface area contributed by atoms with Gasteiger partial charge in [-0.15, -0.1) is 11.6 Å². The Kier molecular flexibility index (Phi) is 4.48. The van der Waals surface area contributed by atoms with Gasteiger partial charge in [-0.05, 0) is 24.3 Å². The molecule has 0 fully saturated rings. The van der Waals surface area contributed by atoms with E-state index in [0.717, 1.165) is 13.1 Å². The molecule has 0 aliphatic heterocycles. The highest BCUT2D eigenvalue weighted by atomic mass is 35.5. The molecule has 0 spiro atoms. The van der Waals surface area contributed by atoms with Gasteiger partial charge in [0.05, 0.1) is 0 Å². The van der Waals surface area contributed by atoms with Crippen LogP contribution in [-0.4, -0.2) is 19.0 Å². The summed E-state index contributed by atoms with van der Waals surface area (Å²) in [6.07, 6.45) is 0. The summed E-state index contributed by atoms with van der Waals surface area (Å²) in [6.45, 7) is 6.41. The van der Waals surface area contributed by atoms with Gasteiger partial charge in [-0.25, -0.2) is 0 Å².